The molecule has 118 valence electrons. The van der Waals surface area contributed by atoms with Gasteiger partial charge in [-0.15, -0.1) is 0 Å². The number of nitrogens with one attached hydrogen (secondary N) is 1. The Kier molecular flexibility index (Phi) is 5.83. The minimum atomic E-state index is 0.262. The first kappa shape index (κ1) is 16.5. The Hall–Kier alpha value is -0.860. The molecule has 0 spiro atoms. The molecule has 0 amide bonds. The summed E-state index contributed by atoms with van der Waals surface area (Å²) in [6.07, 6.45) is 4.95. The second-order valence-corrected chi connectivity index (χ2v) is 6.88. The Morgan fingerprint density at radius 1 is 1.24 bits per heavy atom. The lowest BCUT2D eigenvalue weighted by molar-refractivity contribution is 0.142. The van der Waals surface area contributed by atoms with Crippen LogP contribution in [0.2, 0.25) is 0 Å². The third kappa shape index (κ3) is 3.67. The summed E-state index contributed by atoms with van der Waals surface area (Å²) in [6, 6.07) is 9.61. The molecule has 1 aliphatic carbocycles. The van der Waals surface area contributed by atoms with Gasteiger partial charge in [-0.25, -0.2) is 0 Å². The van der Waals surface area contributed by atoms with E-state index in [1.165, 1.54) is 19.3 Å². The van der Waals surface area contributed by atoms with Crippen LogP contribution in [0.1, 0.15) is 51.2 Å². The zero-order valence-electron chi connectivity index (χ0n) is 14.1. The van der Waals surface area contributed by atoms with Crippen LogP contribution in [-0.2, 0) is 16.6 Å². The number of ether oxygens (including phenoxy) is 1. The van der Waals surface area contributed by atoms with Crippen molar-refractivity contribution in [1.29, 1.82) is 0 Å². The Labute approximate surface area is 130 Å². The van der Waals surface area contributed by atoms with Crippen LogP contribution in [0.25, 0.3) is 0 Å². The fourth-order valence-electron chi connectivity index (χ4n) is 3.78. The van der Waals surface area contributed by atoms with E-state index in [9.17, 15) is 0 Å². The Balaban J connectivity index is 2.32. The summed E-state index contributed by atoms with van der Waals surface area (Å²) in [5.41, 5.74) is 3.39. The first-order valence-corrected chi connectivity index (χ1v) is 8.41. The topological polar surface area (TPSA) is 21.3 Å². The minimum absolute atomic E-state index is 0.262. The fourth-order valence-corrected chi connectivity index (χ4v) is 3.78. The second-order valence-electron chi connectivity index (χ2n) is 6.88. The number of hydrogen-bond donors (Lipinski definition) is 1. The van der Waals surface area contributed by atoms with Gasteiger partial charge in [-0.05, 0) is 42.7 Å². The van der Waals surface area contributed by atoms with E-state index < -0.39 is 0 Å². The van der Waals surface area contributed by atoms with Gasteiger partial charge in [0.2, 0.25) is 0 Å². The number of benzene rings is 1. The zero-order chi connectivity index (χ0) is 15.3. The standard InChI is InChI=1S/C19H31NO/c1-15(2)20-14-19(16(3)11-13-21-4)12-7-9-17-8-5-6-10-18(17)19/h5-6,8,10,15-16,20H,7,9,11-14H2,1-4H3. The maximum absolute atomic E-state index is 5.34. The molecule has 0 aromatic heterocycles. The van der Waals surface area contributed by atoms with Crippen molar-refractivity contribution in [3.8, 4) is 0 Å². The number of methoxy groups -OCH3 is 1. The predicted octanol–water partition coefficient (Wildman–Crippen LogP) is 3.93. The van der Waals surface area contributed by atoms with E-state index in [0.717, 1.165) is 19.6 Å². The van der Waals surface area contributed by atoms with E-state index in [1.807, 2.05) is 0 Å². The quantitative estimate of drug-likeness (QED) is 0.821. The third-order valence-electron chi connectivity index (χ3n) is 5.15. The molecule has 0 saturated carbocycles. The molecule has 21 heavy (non-hydrogen) atoms. The molecule has 0 heterocycles. The predicted molar refractivity (Wildman–Crippen MR) is 89.9 cm³/mol. The summed E-state index contributed by atoms with van der Waals surface area (Å²) in [5, 5.41) is 3.71. The molecule has 2 nitrogen and oxygen atoms in total. The normalized spacial score (nSPS) is 23.1. The average molecular weight is 289 g/mol. The monoisotopic (exact) mass is 289 g/mol. The van der Waals surface area contributed by atoms with Crippen molar-refractivity contribution in [2.75, 3.05) is 20.3 Å². The molecule has 0 saturated heterocycles. The van der Waals surface area contributed by atoms with E-state index in [0.29, 0.717) is 12.0 Å². The summed E-state index contributed by atoms with van der Waals surface area (Å²) in [6.45, 7) is 8.81. The second kappa shape index (κ2) is 7.42. The van der Waals surface area contributed by atoms with Gasteiger partial charge in [-0.1, -0.05) is 45.0 Å². The van der Waals surface area contributed by atoms with Crippen molar-refractivity contribution in [3.63, 3.8) is 0 Å². The minimum Gasteiger partial charge on any atom is -0.385 e. The lowest BCUT2D eigenvalue weighted by Gasteiger charge is -2.44. The summed E-state index contributed by atoms with van der Waals surface area (Å²) in [7, 11) is 1.81. The van der Waals surface area contributed by atoms with Gasteiger partial charge in [0.1, 0.15) is 0 Å². The molecule has 2 heteroatoms. The highest BCUT2D eigenvalue weighted by Gasteiger charge is 2.40. The molecule has 0 bridgehead atoms. The van der Waals surface area contributed by atoms with Crippen molar-refractivity contribution >= 4 is 0 Å². The molecule has 2 rings (SSSR count). The van der Waals surface area contributed by atoms with Crippen molar-refractivity contribution < 1.29 is 4.74 Å². The first-order chi connectivity index (χ1) is 10.1. The van der Waals surface area contributed by atoms with Gasteiger partial charge >= 0.3 is 0 Å². The van der Waals surface area contributed by atoms with Crippen LogP contribution in [0.3, 0.4) is 0 Å². The van der Waals surface area contributed by atoms with Crippen molar-refractivity contribution in [2.45, 2.75) is 57.9 Å². The van der Waals surface area contributed by atoms with Crippen LogP contribution in [-0.4, -0.2) is 26.3 Å². The van der Waals surface area contributed by atoms with Crippen molar-refractivity contribution in [2.24, 2.45) is 5.92 Å². The van der Waals surface area contributed by atoms with Gasteiger partial charge in [-0.3, -0.25) is 0 Å². The average Bonchev–Trinajstić information content (AvgIpc) is 2.50. The summed E-state index contributed by atoms with van der Waals surface area (Å²) >= 11 is 0. The molecule has 2 unspecified atom stereocenters. The van der Waals surface area contributed by atoms with Crippen LogP contribution in [0, 0.1) is 5.92 Å². The highest BCUT2D eigenvalue weighted by Crippen LogP contribution is 2.43. The van der Waals surface area contributed by atoms with Crippen LogP contribution >= 0.6 is 0 Å². The molecule has 0 radical (unpaired) electrons. The molecular weight excluding hydrogens is 258 g/mol. The molecule has 1 aromatic carbocycles. The maximum atomic E-state index is 5.34. The molecule has 1 N–H and O–H groups in total. The number of fused-ring (bicyclic) bond motifs is 1. The van der Waals surface area contributed by atoms with Crippen molar-refractivity contribution in [3.05, 3.63) is 35.4 Å². The number of aryl methyl sites for hydroxylation is 1. The molecule has 2 atom stereocenters. The molecule has 1 aliphatic rings. The fraction of sp³-hybridized carbons (Fsp3) is 0.684. The molecule has 1 aromatic rings. The van der Waals surface area contributed by atoms with E-state index >= 15 is 0 Å². The van der Waals surface area contributed by atoms with E-state index in [-0.39, 0.29) is 5.41 Å². The van der Waals surface area contributed by atoms with Gasteiger partial charge in [0.05, 0.1) is 0 Å². The van der Waals surface area contributed by atoms with Gasteiger partial charge in [0.15, 0.2) is 0 Å². The smallest absolute Gasteiger partial charge is 0.0465 e. The highest BCUT2D eigenvalue weighted by molar-refractivity contribution is 5.38. The maximum Gasteiger partial charge on any atom is 0.0465 e. The van der Waals surface area contributed by atoms with Crippen LogP contribution in [0.5, 0.6) is 0 Å². The van der Waals surface area contributed by atoms with Crippen LogP contribution < -0.4 is 5.32 Å². The summed E-state index contributed by atoms with van der Waals surface area (Å²) in [5.74, 6) is 0.630. The van der Waals surface area contributed by atoms with Gasteiger partial charge < -0.3 is 10.1 Å². The summed E-state index contributed by atoms with van der Waals surface area (Å²) < 4.78 is 5.34. The number of hydrogen-bond acceptors (Lipinski definition) is 2. The lowest BCUT2D eigenvalue weighted by Crippen LogP contribution is -2.47. The van der Waals surface area contributed by atoms with Gasteiger partial charge in [0.25, 0.3) is 0 Å². The Morgan fingerprint density at radius 2 is 2.00 bits per heavy atom. The zero-order valence-corrected chi connectivity index (χ0v) is 14.1. The molecule has 0 fully saturated rings. The van der Waals surface area contributed by atoms with Crippen LogP contribution in [0.15, 0.2) is 24.3 Å². The van der Waals surface area contributed by atoms with Gasteiger partial charge in [0, 0.05) is 31.7 Å². The Bertz CT molecular complexity index is 443. The first-order valence-electron chi connectivity index (χ1n) is 8.41. The van der Waals surface area contributed by atoms with E-state index in [1.54, 1.807) is 18.2 Å². The van der Waals surface area contributed by atoms with E-state index in [2.05, 4.69) is 50.4 Å². The third-order valence-corrected chi connectivity index (χ3v) is 5.15. The SMILES string of the molecule is COCCC(C)C1(CNC(C)C)CCCc2ccccc21. The van der Waals surface area contributed by atoms with Crippen LogP contribution in [0.4, 0.5) is 0 Å². The Morgan fingerprint density at radius 3 is 2.71 bits per heavy atom. The van der Waals surface area contributed by atoms with Crippen molar-refractivity contribution in [1.82, 2.24) is 5.32 Å². The highest BCUT2D eigenvalue weighted by atomic mass is 16.5. The summed E-state index contributed by atoms with van der Waals surface area (Å²) in [4.78, 5) is 0. The number of rotatable bonds is 7. The molecular formula is C19H31NO. The van der Waals surface area contributed by atoms with E-state index in [4.69, 9.17) is 4.74 Å². The largest absolute Gasteiger partial charge is 0.385 e. The lowest BCUT2D eigenvalue weighted by atomic mass is 9.62. The van der Waals surface area contributed by atoms with Gasteiger partial charge in [-0.2, -0.15) is 0 Å². The molecule has 0 aliphatic heterocycles.